The highest BCUT2D eigenvalue weighted by atomic mass is 16.5. The van der Waals surface area contributed by atoms with Gasteiger partial charge in [0.1, 0.15) is 7.11 Å². The van der Waals surface area contributed by atoms with Crippen LogP contribution >= 0.6 is 0 Å². The highest BCUT2D eigenvalue weighted by Gasteiger charge is 2.00. The van der Waals surface area contributed by atoms with Crippen LogP contribution in [0.4, 0.5) is 0 Å². The lowest BCUT2D eigenvalue weighted by Crippen LogP contribution is -1.81. The Hall–Kier alpha value is -0.460. The Morgan fingerprint density at radius 2 is 2.22 bits per heavy atom. The molecule has 9 heavy (non-hydrogen) atoms. The topological polar surface area (TPSA) is 9.23 Å². The first-order valence-electron chi connectivity index (χ1n) is 3.54. The van der Waals surface area contributed by atoms with E-state index in [1.165, 1.54) is 25.7 Å². The first-order chi connectivity index (χ1) is 4.43. The summed E-state index contributed by atoms with van der Waals surface area (Å²) < 4.78 is 4.88. The van der Waals surface area contributed by atoms with E-state index in [-0.39, 0.29) is 0 Å². The predicted molar refractivity (Wildman–Crippen MR) is 37.6 cm³/mol. The molecule has 0 aromatic rings. The van der Waals surface area contributed by atoms with Crippen molar-refractivity contribution in [3.63, 3.8) is 0 Å². The van der Waals surface area contributed by atoms with Crippen molar-refractivity contribution in [1.29, 1.82) is 0 Å². The first-order valence-corrected chi connectivity index (χ1v) is 3.54. The zero-order chi connectivity index (χ0) is 6.53. The molecule has 1 aliphatic carbocycles. The molecular formula is C8H13O. The van der Waals surface area contributed by atoms with Crippen molar-refractivity contribution in [3.8, 4) is 0 Å². The van der Waals surface area contributed by atoms with Gasteiger partial charge in [-0.1, -0.05) is 6.42 Å². The summed E-state index contributed by atoms with van der Waals surface area (Å²) in [7, 11) is 3.38. The molecule has 0 aromatic carbocycles. The summed E-state index contributed by atoms with van der Waals surface area (Å²) in [5.41, 5.74) is 0. The molecule has 1 heteroatoms. The van der Waals surface area contributed by atoms with E-state index >= 15 is 0 Å². The molecule has 1 rings (SSSR count). The minimum absolute atomic E-state index is 1.08. The van der Waals surface area contributed by atoms with Gasteiger partial charge in [0.05, 0.1) is 5.76 Å². The second-order valence-electron chi connectivity index (χ2n) is 2.41. The van der Waals surface area contributed by atoms with E-state index in [0.29, 0.717) is 0 Å². The van der Waals surface area contributed by atoms with Gasteiger partial charge in [-0.15, -0.1) is 0 Å². The summed E-state index contributed by atoms with van der Waals surface area (Å²) in [5, 5.41) is 0. The Balaban J connectivity index is 2.37. The van der Waals surface area contributed by atoms with Crippen LogP contribution in [0.5, 0.6) is 0 Å². The molecule has 0 saturated heterocycles. The third-order valence-electron chi connectivity index (χ3n) is 1.68. The van der Waals surface area contributed by atoms with Gasteiger partial charge < -0.3 is 4.74 Å². The molecule has 0 heterocycles. The Labute approximate surface area is 56.7 Å². The van der Waals surface area contributed by atoms with E-state index in [0.717, 1.165) is 12.2 Å². The lowest BCUT2D eigenvalue weighted by molar-refractivity contribution is 0.323. The lowest BCUT2D eigenvalue weighted by Gasteiger charge is -1.99. The molecular weight excluding hydrogens is 112 g/mol. The molecule has 0 N–H and O–H groups in total. The standard InChI is InChI=1S/C8H13O/c1-9-8-6-4-2-3-5-7-8/h6H,1-5,7H2. The highest BCUT2D eigenvalue weighted by molar-refractivity contribution is 4.94. The molecule has 0 spiro atoms. The summed E-state index contributed by atoms with van der Waals surface area (Å²) in [6, 6.07) is 0. The van der Waals surface area contributed by atoms with Crippen LogP contribution < -0.4 is 0 Å². The smallest absolute Gasteiger partial charge is 0.122 e. The molecule has 0 aliphatic heterocycles. The van der Waals surface area contributed by atoms with Crippen molar-refractivity contribution in [2.45, 2.75) is 32.1 Å². The molecule has 1 aliphatic rings. The Kier molecular flexibility index (Phi) is 2.62. The SMILES string of the molecule is [CH2]OC1=CCCCCC1. The quantitative estimate of drug-likeness (QED) is 0.523. The van der Waals surface area contributed by atoms with Gasteiger partial charge in [-0.05, 0) is 25.3 Å². The molecule has 0 fully saturated rings. The van der Waals surface area contributed by atoms with E-state index in [1.807, 2.05) is 0 Å². The molecule has 0 atom stereocenters. The van der Waals surface area contributed by atoms with Crippen LogP contribution in [0.15, 0.2) is 11.8 Å². The fraction of sp³-hybridized carbons (Fsp3) is 0.625. The molecule has 0 aromatic heterocycles. The second kappa shape index (κ2) is 3.54. The highest BCUT2D eigenvalue weighted by Crippen LogP contribution is 2.16. The van der Waals surface area contributed by atoms with Crippen molar-refractivity contribution in [2.24, 2.45) is 0 Å². The predicted octanol–water partition coefficient (Wildman–Crippen LogP) is 2.64. The van der Waals surface area contributed by atoms with Gasteiger partial charge in [0.2, 0.25) is 0 Å². The zero-order valence-corrected chi connectivity index (χ0v) is 5.73. The maximum atomic E-state index is 4.88. The van der Waals surface area contributed by atoms with Crippen LogP contribution in [0.3, 0.4) is 0 Å². The fourth-order valence-electron chi connectivity index (χ4n) is 1.12. The van der Waals surface area contributed by atoms with Crippen LogP contribution in [0.1, 0.15) is 32.1 Å². The van der Waals surface area contributed by atoms with Crippen molar-refractivity contribution in [1.82, 2.24) is 0 Å². The van der Waals surface area contributed by atoms with Gasteiger partial charge in [-0.25, -0.2) is 0 Å². The number of rotatable bonds is 1. The summed E-state index contributed by atoms with van der Waals surface area (Å²) >= 11 is 0. The van der Waals surface area contributed by atoms with Gasteiger partial charge in [0.15, 0.2) is 0 Å². The lowest BCUT2D eigenvalue weighted by atomic mass is 10.2. The third-order valence-corrected chi connectivity index (χ3v) is 1.68. The number of ether oxygens (including phenoxy) is 1. The molecule has 1 radical (unpaired) electrons. The molecule has 0 amide bonds. The molecule has 51 valence electrons. The van der Waals surface area contributed by atoms with Crippen LogP contribution in [0.25, 0.3) is 0 Å². The van der Waals surface area contributed by atoms with Crippen molar-refractivity contribution in [3.05, 3.63) is 18.9 Å². The van der Waals surface area contributed by atoms with Crippen molar-refractivity contribution < 1.29 is 4.74 Å². The summed E-state index contributed by atoms with van der Waals surface area (Å²) in [5.74, 6) is 1.08. The zero-order valence-electron chi connectivity index (χ0n) is 5.73. The van der Waals surface area contributed by atoms with E-state index in [2.05, 4.69) is 13.2 Å². The van der Waals surface area contributed by atoms with Crippen LogP contribution in [-0.2, 0) is 4.74 Å². The summed E-state index contributed by atoms with van der Waals surface area (Å²) in [4.78, 5) is 0. The van der Waals surface area contributed by atoms with Gasteiger partial charge in [-0.3, -0.25) is 0 Å². The van der Waals surface area contributed by atoms with Crippen LogP contribution in [-0.4, -0.2) is 0 Å². The third kappa shape index (κ3) is 2.08. The minimum atomic E-state index is 1.08. The first kappa shape index (κ1) is 6.66. The normalized spacial score (nSPS) is 20.3. The molecule has 0 saturated carbocycles. The van der Waals surface area contributed by atoms with Gasteiger partial charge in [-0.2, -0.15) is 0 Å². The second-order valence-corrected chi connectivity index (χ2v) is 2.41. The average Bonchev–Trinajstić information content (AvgIpc) is 2.13. The largest absolute Gasteiger partial charge is 0.495 e. The van der Waals surface area contributed by atoms with Crippen molar-refractivity contribution >= 4 is 0 Å². The fourth-order valence-corrected chi connectivity index (χ4v) is 1.12. The average molecular weight is 125 g/mol. The monoisotopic (exact) mass is 125 g/mol. The Morgan fingerprint density at radius 3 is 3.00 bits per heavy atom. The van der Waals surface area contributed by atoms with E-state index in [4.69, 9.17) is 4.74 Å². The molecule has 1 nitrogen and oxygen atoms in total. The Morgan fingerprint density at radius 1 is 1.33 bits per heavy atom. The number of hydrogen-bond donors (Lipinski definition) is 0. The van der Waals surface area contributed by atoms with E-state index < -0.39 is 0 Å². The summed E-state index contributed by atoms with van der Waals surface area (Å²) in [6.07, 6.45) is 8.33. The maximum absolute atomic E-state index is 4.88. The molecule has 0 bridgehead atoms. The van der Waals surface area contributed by atoms with E-state index in [9.17, 15) is 0 Å². The Bertz CT molecular complexity index is 105. The van der Waals surface area contributed by atoms with E-state index in [1.54, 1.807) is 0 Å². The minimum Gasteiger partial charge on any atom is -0.495 e. The van der Waals surface area contributed by atoms with Gasteiger partial charge in [0.25, 0.3) is 0 Å². The van der Waals surface area contributed by atoms with Crippen molar-refractivity contribution in [2.75, 3.05) is 0 Å². The number of allylic oxidation sites excluding steroid dienone is 2. The summed E-state index contributed by atoms with van der Waals surface area (Å²) in [6.45, 7) is 0. The van der Waals surface area contributed by atoms with Crippen LogP contribution in [0.2, 0.25) is 0 Å². The van der Waals surface area contributed by atoms with Gasteiger partial charge >= 0.3 is 0 Å². The van der Waals surface area contributed by atoms with Crippen LogP contribution in [0, 0.1) is 7.11 Å². The maximum Gasteiger partial charge on any atom is 0.122 e. The van der Waals surface area contributed by atoms with Gasteiger partial charge in [0, 0.05) is 6.42 Å². The number of hydrogen-bond acceptors (Lipinski definition) is 1. The molecule has 0 unspecified atom stereocenters.